The molecule has 1 unspecified atom stereocenters. The Morgan fingerprint density at radius 3 is 2.47 bits per heavy atom. The van der Waals surface area contributed by atoms with Crippen LogP contribution in [0.4, 0.5) is 0 Å². The van der Waals surface area contributed by atoms with E-state index in [1.807, 2.05) is 12.2 Å². The lowest BCUT2D eigenvalue weighted by molar-refractivity contribution is -0.116. The van der Waals surface area contributed by atoms with Crippen LogP contribution in [0.3, 0.4) is 0 Å². The summed E-state index contributed by atoms with van der Waals surface area (Å²) >= 11 is 0. The van der Waals surface area contributed by atoms with Crippen molar-refractivity contribution >= 4 is 14.1 Å². The average Bonchev–Trinajstić information content (AvgIpc) is 2.37. The SMILES string of the molecule is C=C[C@@H]1CC(=O)C=CC1O[Si](CC)(CC)CC. The molecule has 0 aromatic heterocycles. The lowest BCUT2D eigenvalue weighted by Gasteiger charge is -2.35. The molecule has 2 atom stereocenters. The van der Waals surface area contributed by atoms with Crippen LogP contribution in [0.15, 0.2) is 24.8 Å². The molecule has 0 spiro atoms. The van der Waals surface area contributed by atoms with Crippen LogP contribution in [0.5, 0.6) is 0 Å². The fourth-order valence-electron chi connectivity index (χ4n) is 2.39. The van der Waals surface area contributed by atoms with E-state index in [1.165, 1.54) is 0 Å². The first-order chi connectivity index (χ1) is 8.10. The van der Waals surface area contributed by atoms with Gasteiger partial charge in [-0.2, -0.15) is 0 Å². The van der Waals surface area contributed by atoms with Crippen molar-refractivity contribution in [2.75, 3.05) is 0 Å². The molecule has 1 aliphatic rings. The zero-order valence-electron chi connectivity index (χ0n) is 11.2. The molecule has 17 heavy (non-hydrogen) atoms. The average molecular weight is 252 g/mol. The molecule has 0 aromatic rings. The van der Waals surface area contributed by atoms with E-state index in [4.69, 9.17) is 4.43 Å². The van der Waals surface area contributed by atoms with Crippen molar-refractivity contribution in [3.63, 3.8) is 0 Å². The van der Waals surface area contributed by atoms with E-state index >= 15 is 0 Å². The van der Waals surface area contributed by atoms with Crippen molar-refractivity contribution in [2.45, 2.75) is 51.4 Å². The first kappa shape index (κ1) is 14.4. The summed E-state index contributed by atoms with van der Waals surface area (Å²) in [5, 5.41) is 0. The minimum Gasteiger partial charge on any atom is -0.410 e. The fraction of sp³-hybridized carbons (Fsp3) is 0.643. The monoisotopic (exact) mass is 252 g/mol. The molecule has 2 nitrogen and oxygen atoms in total. The standard InChI is InChI=1S/C14H24O2Si/c1-5-12-11-13(15)9-10-14(12)16-17(6-2,7-3)8-4/h5,9-10,12,14H,1,6-8,11H2,2-4H3/t12-,14?/m1/s1. The van der Waals surface area contributed by atoms with Crippen LogP contribution >= 0.6 is 0 Å². The summed E-state index contributed by atoms with van der Waals surface area (Å²) < 4.78 is 6.41. The number of hydrogen-bond donors (Lipinski definition) is 0. The van der Waals surface area contributed by atoms with Crippen LogP contribution in [0.1, 0.15) is 27.2 Å². The quantitative estimate of drug-likeness (QED) is 0.532. The Morgan fingerprint density at radius 2 is 2.00 bits per heavy atom. The minimum atomic E-state index is -1.60. The van der Waals surface area contributed by atoms with E-state index in [1.54, 1.807) is 6.08 Å². The van der Waals surface area contributed by atoms with Crippen molar-refractivity contribution in [1.82, 2.24) is 0 Å². The molecule has 3 heteroatoms. The van der Waals surface area contributed by atoms with E-state index in [0.717, 1.165) is 18.1 Å². The van der Waals surface area contributed by atoms with Gasteiger partial charge < -0.3 is 4.43 Å². The van der Waals surface area contributed by atoms with Crippen LogP contribution in [-0.2, 0) is 9.22 Å². The van der Waals surface area contributed by atoms with Gasteiger partial charge in [-0.05, 0) is 24.2 Å². The summed E-state index contributed by atoms with van der Waals surface area (Å²) in [4.78, 5) is 11.4. The molecule has 0 bridgehead atoms. The Hall–Kier alpha value is -0.673. The topological polar surface area (TPSA) is 26.3 Å². The van der Waals surface area contributed by atoms with Crippen LogP contribution in [0.2, 0.25) is 18.1 Å². The Balaban J connectivity index is 2.81. The molecule has 0 amide bonds. The molecule has 96 valence electrons. The number of hydrogen-bond acceptors (Lipinski definition) is 2. The summed E-state index contributed by atoms with van der Waals surface area (Å²) in [7, 11) is -1.60. The van der Waals surface area contributed by atoms with Gasteiger partial charge in [-0.25, -0.2) is 0 Å². The molecule has 0 saturated heterocycles. The number of rotatable bonds is 6. The van der Waals surface area contributed by atoms with E-state index in [9.17, 15) is 4.79 Å². The molecular weight excluding hydrogens is 228 g/mol. The Kier molecular flexibility index (Phi) is 5.34. The third kappa shape index (κ3) is 3.39. The summed E-state index contributed by atoms with van der Waals surface area (Å²) in [6.45, 7) is 10.5. The van der Waals surface area contributed by atoms with Crippen LogP contribution in [-0.4, -0.2) is 20.2 Å². The highest BCUT2D eigenvalue weighted by molar-refractivity contribution is 6.73. The Morgan fingerprint density at radius 1 is 1.41 bits per heavy atom. The summed E-state index contributed by atoms with van der Waals surface area (Å²) in [6.07, 6.45) is 6.08. The van der Waals surface area contributed by atoms with Gasteiger partial charge in [0.25, 0.3) is 0 Å². The predicted molar refractivity (Wildman–Crippen MR) is 74.5 cm³/mol. The summed E-state index contributed by atoms with van der Waals surface area (Å²) in [5.74, 6) is 0.343. The van der Waals surface area contributed by atoms with Gasteiger partial charge in [0.05, 0.1) is 6.10 Å². The van der Waals surface area contributed by atoms with Crippen molar-refractivity contribution < 1.29 is 9.22 Å². The van der Waals surface area contributed by atoms with Crippen LogP contribution < -0.4 is 0 Å². The van der Waals surface area contributed by atoms with E-state index < -0.39 is 8.32 Å². The molecule has 1 rings (SSSR count). The maximum atomic E-state index is 11.4. The van der Waals surface area contributed by atoms with Gasteiger partial charge >= 0.3 is 0 Å². The second kappa shape index (κ2) is 6.31. The molecule has 0 radical (unpaired) electrons. The van der Waals surface area contributed by atoms with E-state index in [-0.39, 0.29) is 17.8 Å². The zero-order chi connectivity index (χ0) is 12.9. The van der Waals surface area contributed by atoms with E-state index in [0.29, 0.717) is 6.42 Å². The molecular formula is C14H24O2Si. The molecule has 0 N–H and O–H groups in total. The van der Waals surface area contributed by atoms with Crippen molar-refractivity contribution in [2.24, 2.45) is 5.92 Å². The highest BCUT2D eigenvalue weighted by atomic mass is 28.4. The number of ketones is 1. The van der Waals surface area contributed by atoms with Gasteiger partial charge in [0.15, 0.2) is 14.1 Å². The molecule has 0 aromatic carbocycles. The Labute approximate surface area is 106 Å². The third-order valence-corrected chi connectivity index (χ3v) is 8.59. The molecule has 0 aliphatic heterocycles. The lowest BCUT2D eigenvalue weighted by atomic mass is 9.91. The van der Waals surface area contributed by atoms with Gasteiger partial charge in [0.2, 0.25) is 0 Å². The van der Waals surface area contributed by atoms with Crippen molar-refractivity contribution in [3.05, 3.63) is 24.8 Å². The number of carbonyl (C=O) groups is 1. The number of carbonyl (C=O) groups excluding carboxylic acids is 1. The fourth-order valence-corrected chi connectivity index (χ4v) is 5.22. The van der Waals surface area contributed by atoms with Gasteiger partial charge in [-0.3, -0.25) is 4.79 Å². The molecule has 0 heterocycles. The minimum absolute atomic E-state index is 0.0664. The molecule has 1 aliphatic carbocycles. The van der Waals surface area contributed by atoms with Gasteiger partial charge in [-0.15, -0.1) is 6.58 Å². The molecule has 0 fully saturated rings. The van der Waals surface area contributed by atoms with E-state index in [2.05, 4.69) is 27.4 Å². The lowest BCUT2D eigenvalue weighted by Crippen LogP contribution is -2.42. The predicted octanol–water partition coefficient (Wildman–Crippen LogP) is 3.71. The van der Waals surface area contributed by atoms with Gasteiger partial charge in [0, 0.05) is 12.3 Å². The normalized spacial score (nSPS) is 25.0. The summed E-state index contributed by atoms with van der Waals surface area (Å²) in [5.41, 5.74) is 0. The number of allylic oxidation sites excluding steroid dienone is 1. The second-order valence-corrected chi connectivity index (χ2v) is 9.48. The first-order valence-electron chi connectivity index (χ1n) is 6.62. The third-order valence-electron chi connectivity index (χ3n) is 3.95. The largest absolute Gasteiger partial charge is 0.410 e. The molecule has 0 saturated carbocycles. The summed E-state index contributed by atoms with van der Waals surface area (Å²) in [6, 6.07) is 3.42. The maximum Gasteiger partial charge on any atom is 0.192 e. The highest BCUT2D eigenvalue weighted by Crippen LogP contribution is 2.29. The van der Waals surface area contributed by atoms with Gasteiger partial charge in [0.1, 0.15) is 0 Å². The first-order valence-corrected chi connectivity index (χ1v) is 9.15. The van der Waals surface area contributed by atoms with Gasteiger partial charge in [-0.1, -0.05) is 32.9 Å². The van der Waals surface area contributed by atoms with Crippen molar-refractivity contribution in [3.8, 4) is 0 Å². The Bertz CT molecular complexity index is 297. The zero-order valence-corrected chi connectivity index (χ0v) is 12.2. The van der Waals surface area contributed by atoms with Crippen molar-refractivity contribution in [1.29, 1.82) is 0 Å². The van der Waals surface area contributed by atoms with Crippen LogP contribution in [0.25, 0.3) is 0 Å². The maximum absolute atomic E-state index is 11.4. The van der Waals surface area contributed by atoms with Crippen LogP contribution in [0, 0.1) is 5.92 Å². The highest BCUT2D eigenvalue weighted by Gasteiger charge is 2.34. The second-order valence-electron chi connectivity index (χ2n) is 4.76. The smallest absolute Gasteiger partial charge is 0.192 e.